The van der Waals surface area contributed by atoms with Gasteiger partial charge < -0.3 is 20.3 Å². The van der Waals surface area contributed by atoms with Crippen LogP contribution in [0.1, 0.15) is 0 Å². The molecule has 0 radical (unpaired) electrons. The first-order chi connectivity index (χ1) is 13.1. The molecular formula is C20H21N5O2. The van der Waals surface area contributed by atoms with E-state index in [9.17, 15) is 4.79 Å². The molecular weight excluding hydrogens is 342 g/mol. The summed E-state index contributed by atoms with van der Waals surface area (Å²) in [6.07, 6.45) is 0. The third-order valence-corrected chi connectivity index (χ3v) is 3.70. The minimum atomic E-state index is -0.298. The molecule has 2 N–H and O–H groups in total. The molecule has 1 heterocycles. The third-order valence-electron chi connectivity index (χ3n) is 3.70. The van der Waals surface area contributed by atoms with Crippen LogP contribution in [0.15, 0.2) is 66.7 Å². The highest BCUT2D eigenvalue weighted by molar-refractivity contribution is 5.90. The largest absolute Gasteiger partial charge is 0.484 e. The molecule has 3 aromatic rings. The van der Waals surface area contributed by atoms with Gasteiger partial charge >= 0.3 is 0 Å². The van der Waals surface area contributed by atoms with Gasteiger partial charge in [0.05, 0.1) is 0 Å². The smallest absolute Gasteiger partial charge is 0.263 e. The second-order valence-electron chi connectivity index (χ2n) is 6.02. The quantitative estimate of drug-likeness (QED) is 0.670. The van der Waals surface area contributed by atoms with Crippen LogP contribution in [-0.4, -0.2) is 36.8 Å². The third kappa shape index (κ3) is 5.43. The molecule has 0 saturated heterocycles. The molecule has 0 aliphatic rings. The summed E-state index contributed by atoms with van der Waals surface area (Å²) >= 11 is 0. The zero-order valence-electron chi connectivity index (χ0n) is 15.2. The van der Waals surface area contributed by atoms with Crippen molar-refractivity contribution in [2.45, 2.75) is 0 Å². The van der Waals surface area contributed by atoms with Crippen molar-refractivity contribution in [3.05, 3.63) is 66.7 Å². The van der Waals surface area contributed by atoms with Crippen LogP contribution in [0.3, 0.4) is 0 Å². The van der Waals surface area contributed by atoms with Gasteiger partial charge in [-0.05, 0) is 48.5 Å². The molecule has 0 fully saturated rings. The molecule has 1 amide bonds. The standard InChI is InChI=1S/C20H21N5O2/c1-25(2)16-10-8-15(9-11-16)21-18-12-13-19(24-23-18)22-20(26)14-27-17-6-4-3-5-7-17/h3-13H,14H2,1-2H3,(H,21,23)(H,22,24,26). The van der Waals surface area contributed by atoms with Crippen molar-refractivity contribution in [2.24, 2.45) is 0 Å². The van der Waals surface area contributed by atoms with Gasteiger partial charge in [-0.2, -0.15) is 0 Å². The normalized spacial score (nSPS) is 10.1. The lowest BCUT2D eigenvalue weighted by Gasteiger charge is -2.13. The van der Waals surface area contributed by atoms with Crippen molar-refractivity contribution in [1.82, 2.24) is 10.2 Å². The number of nitrogens with one attached hydrogen (secondary N) is 2. The van der Waals surface area contributed by atoms with Crippen LogP contribution in [-0.2, 0) is 4.79 Å². The van der Waals surface area contributed by atoms with Gasteiger partial charge in [0.2, 0.25) is 0 Å². The molecule has 0 atom stereocenters. The van der Waals surface area contributed by atoms with E-state index < -0.39 is 0 Å². The SMILES string of the molecule is CN(C)c1ccc(Nc2ccc(NC(=O)COc3ccccc3)nn2)cc1. The van der Waals surface area contributed by atoms with Crippen LogP contribution in [0.5, 0.6) is 5.75 Å². The van der Waals surface area contributed by atoms with E-state index >= 15 is 0 Å². The second kappa shape index (κ2) is 8.66. The maximum absolute atomic E-state index is 11.9. The van der Waals surface area contributed by atoms with Gasteiger partial charge in [-0.25, -0.2) is 0 Å². The monoisotopic (exact) mass is 363 g/mol. The summed E-state index contributed by atoms with van der Waals surface area (Å²) in [5.74, 6) is 1.29. The average Bonchev–Trinajstić information content (AvgIpc) is 2.69. The molecule has 138 valence electrons. The minimum absolute atomic E-state index is 0.0933. The van der Waals surface area contributed by atoms with E-state index in [0.29, 0.717) is 17.4 Å². The fourth-order valence-corrected chi connectivity index (χ4v) is 2.30. The fraction of sp³-hybridized carbons (Fsp3) is 0.150. The fourth-order valence-electron chi connectivity index (χ4n) is 2.30. The van der Waals surface area contributed by atoms with Crippen LogP contribution >= 0.6 is 0 Å². The Labute approximate surface area is 158 Å². The number of aromatic nitrogens is 2. The van der Waals surface area contributed by atoms with Crippen LogP contribution in [0.2, 0.25) is 0 Å². The Morgan fingerprint density at radius 1 is 0.926 bits per heavy atom. The van der Waals surface area contributed by atoms with Crippen molar-refractivity contribution in [1.29, 1.82) is 0 Å². The predicted octanol–water partition coefficient (Wildman–Crippen LogP) is 3.30. The number of amides is 1. The molecule has 0 aliphatic carbocycles. The van der Waals surface area contributed by atoms with Gasteiger partial charge in [-0.1, -0.05) is 18.2 Å². The first kappa shape index (κ1) is 18.2. The highest BCUT2D eigenvalue weighted by Crippen LogP contribution is 2.19. The van der Waals surface area contributed by atoms with Gasteiger partial charge in [0.25, 0.3) is 5.91 Å². The van der Waals surface area contributed by atoms with Crippen LogP contribution in [0, 0.1) is 0 Å². The van der Waals surface area contributed by atoms with E-state index in [1.165, 1.54) is 0 Å². The molecule has 7 heteroatoms. The predicted molar refractivity (Wildman–Crippen MR) is 107 cm³/mol. The number of hydrogen-bond acceptors (Lipinski definition) is 6. The minimum Gasteiger partial charge on any atom is -0.484 e. The molecule has 0 unspecified atom stereocenters. The van der Waals surface area contributed by atoms with E-state index in [1.54, 1.807) is 24.3 Å². The van der Waals surface area contributed by atoms with Crippen LogP contribution in [0.25, 0.3) is 0 Å². The van der Waals surface area contributed by atoms with Gasteiger partial charge in [-0.15, -0.1) is 10.2 Å². The molecule has 1 aromatic heterocycles. The highest BCUT2D eigenvalue weighted by atomic mass is 16.5. The Morgan fingerprint density at radius 3 is 2.22 bits per heavy atom. The van der Waals surface area contributed by atoms with Gasteiger partial charge in [-0.3, -0.25) is 4.79 Å². The van der Waals surface area contributed by atoms with E-state index in [0.717, 1.165) is 11.4 Å². The number of anilines is 4. The summed E-state index contributed by atoms with van der Waals surface area (Å²) in [7, 11) is 3.98. The number of carbonyl (C=O) groups excluding carboxylic acids is 1. The topological polar surface area (TPSA) is 79.4 Å². The average molecular weight is 363 g/mol. The summed E-state index contributed by atoms with van der Waals surface area (Å²) in [6.45, 7) is -0.0933. The lowest BCUT2D eigenvalue weighted by Crippen LogP contribution is -2.21. The zero-order valence-corrected chi connectivity index (χ0v) is 15.2. The van der Waals surface area contributed by atoms with Crippen molar-refractivity contribution in [3.63, 3.8) is 0 Å². The van der Waals surface area contributed by atoms with E-state index in [4.69, 9.17) is 4.74 Å². The maximum atomic E-state index is 11.9. The van der Waals surface area contributed by atoms with Crippen LogP contribution < -0.4 is 20.3 Å². The second-order valence-corrected chi connectivity index (χ2v) is 6.02. The van der Waals surface area contributed by atoms with Crippen molar-refractivity contribution < 1.29 is 9.53 Å². The Balaban J connectivity index is 1.51. The summed E-state index contributed by atoms with van der Waals surface area (Å²) in [5.41, 5.74) is 2.02. The zero-order chi connectivity index (χ0) is 19.1. The van der Waals surface area contributed by atoms with Gasteiger partial charge in [0.15, 0.2) is 18.2 Å². The molecule has 0 bridgehead atoms. The number of benzene rings is 2. The van der Waals surface area contributed by atoms with E-state index in [2.05, 4.69) is 20.8 Å². The van der Waals surface area contributed by atoms with E-state index in [1.807, 2.05) is 61.5 Å². The number of para-hydroxylation sites is 1. The van der Waals surface area contributed by atoms with Crippen LogP contribution in [0.4, 0.5) is 23.0 Å². The lowest BCUT2D eigenvalue weighted by atomic mass is 10.2. The van der Waals surface area contributed by atoms with Gasteiger partial charge in [0.1, 0.15) is 5.75 Å². The summed E-state index contributed by atoms with van der Waals surface area (Å²) in [4.78, 5) is 14.0. The van der Waals surface area contributed by atoms with Gasteiger partial charge in [0, 0.05) is 25.5 Å². The van der Waals surface area contributed by atoms with Crippen molar-refractivity contribution >= 4 is 28.9 Å². The Hall–Kier alpha value is -3.61. The Kier molecular flexibility index (Phi) is 5.84. The molecule has 3 rings (SSSR count). The molecule has 0 aliphatic heterocycles. The number of nitrogens with zero attached hydrogens (tertiary/aromatic N) is 3. The Morgan fingerprint density at radius 2 is 1.59 bits per heavy atom. The summed E-state index contributed by atoms with van der Waals surface area (Å²) in [6, 6.07) is 20.5. The molecule has 2 aromatic carbocycles. The Bertz CT molecular complexity index is 865. The number of ether oxygens (including phenoxy) is 1. The van der Waals surface area contributed by atoms with Crippen molar-refractivity contribution in [2.75, 3.05) is 36.2 Å². The highest BCUT2D eigenvalue weighted by Gasteiger charge is 2.06. The molecule has 0 saturated carbocycles. The first-order valence-electron chi connectivity index (χ1n) is 8.46. The van der Waals surface area contributed by atoms with E-state index in [-0.39, 0.29) is 12.5 Å². The maximum Gasteiger partial charge on any atom is 0.263 e. The summed E-state index contributed by atoms with van der Waals surface area (Å²) < 4.78 is 5.39. The summed E-state index contributed by atoms with van der Waals surface area (Å²) in [5, 5.41) is 13.9. The lowest BCUT2D eigenvalue weighted by molar-refractivity contribution is -0.118. The molecule has 27 heavy (non-hydrogen) atoms. The first-order valence-corrected chi connectivity index (χ1v) is 8.46. The molecule has 0 spiro atoms. The number of hydrogen-bond donors (Lipinski definition) is 2. The van der Waals surface area contributed by atoms with Crippen molar-refractivity contribution in [3.8, 4) is 5.75 Å². The molecule has 7 nitrogen and oxygen atoms in total. The number of carbonyl (C=O) groups is 1. The number of rotatable bonds is 7.